The van der Waals surface area contributed by atoms with Crippen molar-refractivity contribution in [1.82, 2.24) is 24.8 Å². The molecular weight excluding hydrogens is 514 g/mol. The summed E-state index contributed by atoms with van der Waals surface area (Å²) >= 11 is 2.28. The molecule has 1 aliphatic rings. The molecule has 0 bridgehead atoms. The maximum Gasteiger partial charge on any atom is 0.312 e. The number of rotatable bonds is 9. The van der Waals surface area contributed by atoms with Crippen LogP contribution in [0.5, 0.6) is 11.5 Å². The van der Waals surface area contributed by atoms with Crippen LogP contribution in [0.2, 0.25) is 0 Å². The number of aryl methyl sites for hydroxylation is 1. The van der Waals surface area contributed by atoms with Crippen LogP contribution in [0, 0.1) is 15.6 Å². The minimum Gasteiger partial charge on any atom is -0.454 e. The number of hydrogen-bond acceptors (Lipinski definition) is 7. The van der Waals surface area contributed by atoms with Crippen LogP contribution in [0.25, 0.3) is 11.2 Å². The molecule has 166 valence electrons. The van der Waals surface area contributed by atoms with Crippen molar-refractivity contribution >= 4 is 39.6 Å². The molecule has 0 atom stereocenters. The number of nitrogens with one attached hydrogen (secondary N) is 1. The van der Waals surface area contributed by atoms with E-state index in [-0.39, 0.29) is 12.6 Å². The summed E-state index contributed by atoms with van der Waals surface area (Å²) in [5.74, 6) is 2.92. The van der Waals surface area contributed by atoms with Crippen LogP contribution in [0.15, 0.2) is 12.1 Å². The number of anilines is 1. The molecule has 3 heterocycles. The molecule has 0 saturated heterocycles. The Morgan fingerprint density at radius 2 is 1.97 bits per heavy atom. The smallest absolute Gasteiger partial charge is 0.312 e. The Morgan fingerprint density at radius 1 is 1.19 bits per heavy atom. The van der Waals surface area contributed by atoms with Gasteiger partial charge in [0.25, 0.3) is 0 Å². The second kappa shape index (κ2) is 9.51. The lowest BCUT2D eigenvalue weighted by molar-refractivity contribution is 0.174. The number of nitrogens with two attached hydrogens (primary N) is 1. The van der Waals surface area contributed by atoms with Crippen LogP contribution in [0.4, 0.5) is 10.2 Å². The van der Waals surface area contributed by atoms with Crippen LogP contribution in [-0.2, 0) is 13.0 Å². The highest BCUT2D eigenvalue weighted by Crippen LogP contribution is 2.36. The third-order valence-electron chi connectivity index (χ3n) is 5.10. The average Bonchev–Trinajstić information content (AvgIpc) is 3.29. The first kappa shape index (κ1) is 22.0. The van der Waals surface area contributed by atoms with Crippen molar-refractivity contribution in [2.24, 2.45) is 5.92 Å². The van der Waals surface area contributed by atoms with Gasteiger partial charge in [-0.2, -0.15) is 14.4 Å². The molecule has 0 unspecified atom stereocenters. The molecule has 10 heteroatoms. The molecule has 0 saturated carbocycles. The lowest BCUT2D eigenvalue weighted by Crippen LogP contribution is -2.21. The molecule has 1 aromatic carbocycles. The van der Waals surface area contributed by atoms with Gasteiger partial charge in [-0.3, -0.25) is 0 Å². The van der Waals surface area contributed by atoms with Gasteiger partial charge in [0.05, 0.1) is 0 Å². The zero-order valence-corrected chi connectivity index (χ0v) is 19.8. The number of hydrogen-bond donors (Lipinski definition) is 2. The van der Waals surface area contributed by atoms with Crippen LogP contribution in [0.1, 0.15) is 38.1 Å². The van der Waals surface area contributed by atoms with E-state index in [4.69, 9.17) is 15.2 Å². The molecule has 4 rings (SSSR count). The second-order valence-corrected chi connectivity index (χ2v) is 9.17. The highest BCUT2D eigenvalue weighted by atomic mass is 127. The Balaban J connectivity index is 1.59. The van der Waals surface area contributed by atoms with Gasteiger partial charge < -0.3 is 25.1 Å². The fraction of sp³-hybridized carbons (Fsp3) is 0.476. The average molecular weight is 540 g/mol. The van der Waals surface area contributed by atoms with E-state index in [9.17, 15) is 4.39 Å². The predicted molar refractivity (Wildman–Crippen MR) is 125 cm³/mol. The third-order valence-corrected chi connectivity index (χ3v) is 6.11. The van der Waals surface area contributed by atoms with Gasteiger partial charge in [0.2, 0.25) is 6.79 Å². The highest BCUT2D eigenvalue weighted by Gasteiger charge is 2.20. The molecule has 3 N–H and O–H groups in total. The topological polar surface area (TPSA) is 100 Å². The molecule has 2 aromatic heterocycles. The van der Waals surface area contributed by atoms with Crippen molar-refractivity contribution in [1.29, 1.82) is 0 Å². The number of nitrogen functional groups attached to an aromatic ring is 1. The number of ether oxygens (including phenoxy) is 2. The zero-order valence-electron chi connectivity index (χ0n) is 17.6. The van der Waals surface area contributed by atoms with Gasteiger partial charge in [-0.15, -0.1) is 0 Å². The zero-order chi connectivity index (χ0) is 22.0. The molecule has 0 radical (unpaired) electrons. The number of benzene rings is 1. The normalized spacial score (nSPS) is 12.9. The van der Waals surface area contributed by atoms with Crippen LogP contribution in [-0.4, -0.2) is 39.4 Å². The van der Waals surface area contributed by atoms with Gasteiger partial charge in [0, 0.05) is 16.5 Å². The molecular formula is C21H26FIN6O2. The molecule has 3 aromatic rings. The maximum absolute atomic E-state index is 13.9. The number of fused-ring (bicyclic) bond motifs is 2. The maximum atomic E-state index is 13.9. The Hall–Kier alpha value is -2.21. The first-order chi connectivity index (χ1) is 14.9. The van der Waals surface area contributed by atoms with Crippen LogP contribution < -0.4 is 20.5 Å². The van der Waals surface area contributed by atoms with Crippen LogP contribution >= 0.6 is 22.6 Å². The van der Waals surface area contributed by atoms with Gasteiger partial charge in [0.1, 0.15) is 5.82 Å². The highest BCUT2D eigenvalue weighted by molar-refractivity contribution is 14.1. The molecule has 31 heavy (non-hydrogen) atoms. The summed E-state index contributed by atoms with van der Waals surface area (Å²) in [5.41, 5.74) is 7.86. The summed E-state index contributed by atoms with van der Waals surface area (Å²) in [4.78, 5) is 12.3. The van der Waals surface area contributed by atoms with Gasteiger partial charge >= 0.3 is 6.08 Å². The standard InChI is InChI=1S/C21H26FIN6O2/c1-12(2)10-25-5-3-4-6-29-17(26-18-19(24)27-21(22)28-20(18)29)8-13-7-15-16(9-14(13)23)31-11-30-15/h7,9,12,25H,3-6,8,10-11H2,1-2H3,(H2,24,27,28). The van der Waals surface area contributed by atoms with Crippen molar-refractivity contribution < 1.29 is 13.9 Å². The quantitative estimate of drug-likeness (QED) is 0.244. The van der Waals surface area contributed by atoms with E-state index < -0.39 is 6.08 Å². The SMILES string of the molecule is CC(C)CNCCCCn1c(Cc2cc3c(cc2I)OCO3)nc2c(N)nc(F)nc21. The summed E-state index contributed by atoms with van der Waals surface area (Å²) in [6.45, 7) is 7.21. The summed E-state index contributed by atoms with van der Waals surface area (Å²) in [6, 6.07) is 3.93. The fourth-order valence-electron chi connectivity index (χ4n) is 3.59. The van der Waals surface area contributed by atoms with Crippen molar-refractivity contribution in [2.45, 2.75) is 39.7 Å². The van der Waals surface area contributed by atoms with E-state index in [2.05, 4.69) is 56.7 Å². The van der Waals surface area contributed by atoms with Crippen molar-refractivity contribution in [3.05, 3.63) is 33.2 Å². The molecule has 1 aliphatic heterocycles. The lowest BCUT2D eigenvalue weighted by Gasteiger charge is -2.11. The third kappa shape index (κ3) is 5.00. The first-order valence-electron chi connectivity index (χ1n) is 10.4. The Morgan fingerprint density at radius 3 is 2.74 bits per heavy atom. The van der Waals surface area contributed by atoms with E-state index in [1.165, 1.54) is 0 Å². The van der Waals surface area contributed by atoms with Crippen molar-refractivity contribution in [2.75, 3.05) is 25.6 Å². The minimum absolute atomic E-state index is 0.0569. The molecule has 0 amide bonds. The van der Waals surface area contributed by atoms with Gasteiger partial charge in [-0.25, -0.2) is 4.98 Å². The van der Waals surface area contributed by atoms with Crippen molar-refractivity contribution in [3.63, 3.8) is 0 Å². The minimum atomic E-state index is -0.839. The molecule has 0 fully saturated rings. The van der Waals surface area contributed by atoms with E-state index in [1.54, 1.807) is 0 Å². The Bertz CT molecular complexity index is 1090. The Kier molecular flexibility index (Phi) is 6.75. The number of imidazole rings is 1. The monoisotopic (exact) mass is 540 g/mol. The number of nitrogens with zero attached hydrogens (tertiary/aromatic N) is 4. The van der Waals surface area contributed by atoms with Crippen LogP contribution in [0.3, 0.4) is 0 Å². The summed E-state index contributed by atoms with van der Waals surface area (Å²) in [5, 5.41) is 3.45. The van der Waals surface area contributed by atoms with Gasteiger partial charge in [-0.05, 0) is 72.1 Å². The van der Waals surface area contributed by atoms with E-state index in [0.717, 1.165) is 52.4 Å². The number of aromatic nitrogens is 4. The molecule has 0 spiro atoms. The lowest BCUT2D eigenvalue weighted by atomic mass is 10.1. The number of halogens is 2. The number of unbranched alkanes of at least 4 members (excludes halogenated alkanes) is 1. The second-order valence-electron chi connectivity index (χ2n) is 8.01. The largest absolute Gasteiger partial charge is 0.454 e. The fourth-order valence-corrected chi connectivity index (χ4v) is 4.21. The van der Waals surface area contributed by atoms with E-state index >= 15 is 0 Å². The predicted octanol–water partition coefficient (Wildman–Crippen LogP) is 3.50. The molecule has 8 nitrogen and oxygen atoms in total. The van der Waals surface area contributed by atoms with E-state index in [0.29, 0.717) is 30.0 Å². The summed E-state index contributed by atoms with van der Waals surface area (Å²) in [6.07, 6.45) is 1.61. The van der Waals surface area contributed by atoms with Gasteiger partial charge in [0.15, 0.2) is 28.5 Å². The Labute approximate surface area is 193 Å². The van der Waals surface area contributed by atoms with E-state index in [1.807, 2.05) is 16.7 Å². The summed E-state index contributed by atoms with van der Waals surface area (Å²) in [7, 11) is 0. The molecule has 0 aliphatic carbocycles. The van der Waals surface area contributed by atoms with Gasteiger partial charge in [-0.1, -0.05) is 13.8 Å². The summed E-state index contributed by atoms with van der Waals surface area (Å²) < 4.78 is 27.9. The van der Waals surface area contributed by atoms with Crippen molar-refractivity contribution in [3.8, 4) is 11.5 Å². The first-order valence-corrected chi connectivity index (χ1v) is 11.5.